The molecule has 1 saturated carbocycles. The Morgan fingerprint density at radius 3 is 2.58 bits per heavy atom. The average Bonchev–Trinajstić information content (AvgIpc) is 3.11. The minimum absolute atomic E-state index is 0.00570. The molecule has 8 heteroatoms. The van der Waals surface area contributed by atoms with Crippen LogP contribution < -0.4 is 16.4 Å². The number of nitrogens with two attached hydrogens (primary N) is 1. The van der Waals surface area contributed by atoms with Gasteiger partial charge in [0.15, 0.2) is 0 Å². The number of hydrogen-bond donors (Lipinski definition) is 3. The molecule has 0 unspecified atom stereocenters. The summed E-state index contributed by atoms with van der Waals surface area (Å²) in [6, 6.07) is 9.76. The predicted molar refractivity (Wildman–Crippen MR) is 121 cm³/mol. The van der Waals surface area contributed by atoms with Crippen LogP contribution in [0.25, 0.3) is 11.4 Å². The molecule has 2 atom stereocenters. The molecular formula is C23H29N7O. The van der Waals surface area contributed by atoms with Gasteiger partial charge < -0.3 is 16.4 Å². The third-order valence-electron chi connectivity index (χ3n) is 5.64. The van der Waals surface area contributed by atoms with Crippen molar-refractivity contribution in [1.29, 1.82) is 0 Å². The number of anilines is 2. The lowest BCUT2D eigenvalue weighted by atomic mass is 9.91. The molecule has 4 N–H and O–H groups in total. The summed E-state index contributed by atoms with van der Waals surface area (Å²) in [4.78, 5) is 21.7. The van der Waals surface area contributed by atoms with Gasteiger partial charge in [0.1, 0.15) is 11.4 Å². The molecule has 1 aromatic carbocycles. The summed E-state index contributed by atoms with van der Waals surface area (Å²) in [5.74, 6) is 0.318. The first-order valence-corrected chi connectivity index (χ1v) is 10.7. The average molecular weight is 420 g/mol. The Labute approximate surface area is 182 Å². The molecule has 1 amide bonds. The normalized spacial score (nSPS) is 18.6. The fourth-order valence-electron chi connectivity index (χ4n) is 4.12. The predicted octanol–water partition coefficient (Wildman–Crippen LogP) is 3.24. The number of hydrogen-bond acceptors (Lipinski definition) is 6. The Kier molecular flexibility index (Phi) is 5.99. The van der Waals surface area contributed by atoms with E-state index in [1.54, 1.807) is 30.1 Å². The van der Waals surface area contributed by atoms with Crippen LogP contribution in [0.4, 0.5) is 11.6 Å². The number of nitrogens with zero attached hydrogens (tertiary/aromatic N) is 4. The number of aromatic nitrogens is 4. The highest BCUT2D eigenvalue weighted by molar-refractivity contribution is 5.93. The largest absolute Gasteiger partial charge is 0.346 e. The highest BCUT2D eigenvalue weighted by Gasteiger charge is 2.25. The lowest BCUT2D eigenvalue weighted by Gasteiger charge is -2.29. The van der Waals surface area contributed by atoms with Crippen LogP contribution in [-0.4, -0.2) is 37.7 Å². The molecular weight excluding hydrogens is 390 g/mol. The Morgan fingerprint density at radius 1 is 1.10 bits per heavy atom. The molecule has 0 bridgehead atoms. The highest BCUT2D eigenvalue weighted by atomic mass is 16.2. The molecule has 4 rings (SSSR count). The van der Waals surface area contributed by atoms with Crippen LogP contribution in [-0.2, 0) is 7.05 Å². The van der Waals surface area contributed by atoms with E-state index < -0.39 is 0 Å². The van der Waals surface area contributed by atoms with E-state index in [0.717, 1.165) is 42.5 Å². The standard InChI is InChI=1S/C23H29N7O/c1-14-10-15(2)12-16(11-14)26-23-25-9-8-19(28-23)20-13-21(30(3)29-20)22(31)27-18-7-5-4-6-17(18)24/h8-13,17-18H,4-7,24H2,1-3H3,(H,27,31)(H,25,26,28)/t17-,18-/m0/s1. The zero-order valence-corrected chi connectivity index (χ0v) is 18.2. The van der Waals surface area contributed by atoms with E-state index in [4.69, 9.17) is 5.73 Å². The van der Waals surface area contributed by atoms with Crippen LogP contribution in [0.3, 0.4) is 0 Å². The summed E-state index contributed by atoms with van der Waals surface area (Å²) in [5.41, 5.74) is 11.2. The van der Waals surface area contributed by atoms with Crippen molar-refractivity contribution in [3.63, 3.8) is 0 Å². The van der Waals surface area contributed by atoms with E-state index in [0.29, 0.717) is 23.0 Å². The van der Waals surface area contributed by atoms with Crippen molar-refractivity contribution in [1.82, 2.24) is 25.1 Å². The Balaban J connectivity index is 1.52. The number of carbonyl (C=O) groups excluding carboxylic acids is 1. The Morgan fingerprint density at radius 2 is 1.84 bits per heavy atom. The Bertz CT molecular complexity index is 1070. The van der Waals surface area contributed by atoms with Crippen LogP contribution in [0.1, 0.15) is 47.3 Å². The minimum Gasteiger partial charge on any atom is -0.346 e. The molecule has 8 nitrogen and oxygen atoms in total. The summed E-state index contributed by atoms with van der Waals surface area (Å²) in [5, 5.41) is 10.8. The maximum absolute atomic E-state index is 12.8. The second-order valence-corrected chi connectivity index (χ2v) is 8.33. The van der Waals surface area contributed by atoms with Gasteiger partial charge in [-0.2, -0.15) is 5.10 Å². The van der Waals surface area contributed by atoms with Crippen molar-refractivity contribution in [2.45, 2.75) is 51.6 Å². The summed E-state index contributed by atoms with van der Waals surface area (Å²) in [6.45, 7) is 4.10. The van der Waals surface area contributed by atoms with E-state index in [1.807, 2.05) is 12.1 Å². The van der Waals surface area contributed by atoms with Crippen molar-refractivity contribution in [2.24, 2.45) is 12.8 Å². The quantitative estimate of drug-likeness (QED) is 0.585. The van der Waals surface area contributed by atoms with Crippen LogP contribution in [0.2, 0.25) is 0 Å². The summed E-state index contributed by atoms with van der Waals surface area (Å²) < 4.78 is 1.58. The molecule has 2 aromatic heterocycles. The number of carbonyl (C=O) groups is 1. The van der Waals surface area contributed by atoms with E-state index in [9.17, 15) is 4.79 Å². The Hall–Kier alpha value is -3.26. The molecule has 1 fully saturated rings. The molecule has 2 heterocycles. The lowest BCUT2D eigenvalue weighted by Crippen LogP contribution is -2.49. The van der Waals surface area contributed by atoms with Gasteiger partial charge in [-0.25, -0.2) is 9.97 Å². The van der Waals surface area contributed by atoms with Crippen molar-refractivity contribution in [3.05, 3.63) is 53.3 Å². The number of nitrogens with one attached hydrogen (secondary N) is 2. The second kappa shape index (κ2) is 8.85. The molecule has 0 radical (unpaired) electrons. The van der Waals surface area contributed by atoms with Gasteiger partial charge in [0.25, 0.3) is 5.91 Å². The molecule has 162 valence electrons. The highest BCUT2D eigenvalue weighted by Crippen LogP contribution is 2.22. The second-order valence-electron chi connectivity index (χ2n) is 8.33. The summed E-state index contributed by atoms with van der Waals surface area (Å²) in [6.07, 6.45) is 5.75. The third-order valence-corrected chi connectivity index (χ3v) is 5.64. The van der Waals surface area contributed by atoms with Crippen LogP contribution >= 0.6 is 0 Å². The minimum atomic E-state index is -0.161. The zero-order valence-electron chi connectivity index (χ0n) is 18.2. The first-order chi connectivity index (χ1) is 14.9. The molecule has 1 aliphatic rings. The molecule has 0 saturated heterocycles. The SMILES string of the molecule is Cc1cc(C)cc(Nc2nccc(-c3cc(C(=O)N[C@H]4CCCC[C@@H]4N)n(C)n3)n2)c1. The van der Waals surface area contributed by atoms with Gasteiger partial charge in [-0.15, -0.1) is 0 Å². The topological polar surface area (TPSA) is 111 Å². The summed E-state index contributed by atoms with van der Waals surface area (Å²) >= 11 is 0. The number of aryl methyl sites for hydroxylation is 3. The van der Waals surface area contributed by atoms with E-state index in [1.165, 1.54) is 0 Å². The van der Waals surface area contributed by atoms with E-state index in [-0.39, 0.29) is 18.0 Å². The van der Waals surface area contributed by atoms with Gasteiger partial charge in [-0.3, -0.25) is 9.48 Å². The van der Waals surface area contributed by atoms with Gasteiger partial charge in [0.2, 0.25) is 5.95 Å². The number of rotatable bonds is 5. The monoisotopic (exact) mass is 419 g/mol. The lowest BCUT2D eigenvalue weighted by molar-refractivity contribution is 0.0911. The molecule has 0 spiro atoms. The van der Waals surface area contributed by atoms with Gasteiger partial charge in [-0.1, -0.05) is 18.9 Å². The fourth-order valence-corrected chi connectivity index (χ4v) is 4.12. The molecule has 0 aliphatic heterocycles. The van der Waals surface area contributed by atoms with Gasteiger partial charge in [-0.05, 0) is 62.1 Å². The third kappa shape index (κ3) is 4.91. The van der Waals surface area contributed by atoms with Gasteiger partial charge in [0, 0.05) is 31.0 Å². The zero-order chi connectivity index (χ0) is 22.0. The van der Waals surface area contributed by atoms with Gasteiger partial charge >= 0.3 is 0 Å². The van der Waals surface area contributed by atoms with Crippen molar-refractivity contribution >= 4 is 17.5 Å². The number of benzene rings is 1. The van der Waals surface area contributed by atoms with Crippen molar-refractivity contribution in [3.8, 4) is 11.4 Å². The maximum atomic E-state index is 12.8. The van der Waals surface area contributed by atoms with Gasteiger partial charge in [0.05, 0.1) is 5.69 Å². The first kappa shape index (κ1) is 21.0. The fraction of sp³-hybridized carbons (Fsp3) is 0.391. The smallest absolute Gasteiger partial charge is 0.269 e. The number of amides is 1. The van der Waals surface area contributed by atoms with Crippen molar-refractivity contribution < 1.29 is 4.79 Å². The van der Waals surface area contributed by atoms with Crippen molar-refractivity contribution in [2.75, 3.05) is 5.32 Å². The van der Waals surface area contributed by atoms with Crippen LogP contribution in [0.5, 0.6) is 0 Å². The first-order valence-electron chi connectivity index (χ1n) is 10.7. The van der Waals surface area contributed by atoms with Crippen LogP contribution in [0, 0.1) is 13.8 Å². The van der Waals surface area contributed by atoms with E-state index in [2.05, 4.69) is 45.6 Å². The maximum Gasteiger partial charge on any atom is 0.269 e. The molecule has 3 aromatic rings. The van der Waals surface area contributed by atoms with E-state index >= 15 is 0 Å². The molecule has 31 heavy (non-hydrogen) atoms. The van der Waals surface area contributed by atoms with Crippen LogP contribution in [0.15, 0.2) is 36.5 Å². The molecule has 1 aliphatic carbocycles. The summed E-state index contributed by atoms with van der Waals surface area (Å²) in [7, 11) is 1.76.